The molecule has 23 heavy (non-hydrogen) atoms. The van der Waals surface area contributed by atoms with E-state index in [9.17, 15) is 4.79 Å². The fourth-order valence-electron chi connectivity index (χ4n) is 2.25. The molecule has 0 aliphatic heterocycles. The molecule has 0 saturated heterocycles. The van der Waals surface area contributed by atoms with Crippen LogP contribution in [-0.4, -0.2) is 23.8 Å². The minimum absolute atomic E-state index is 0.0173. The monoisotopic (exact) mass is 348 g/mol. The van der Waals surface area contributed by atoms with Crippen molar-refractivity contribution >= 4 is 33.3 Å². The summed E-state index contributed by atoms with van der Waals surface area (Å²) < 4.78 is 12.2. The first kappa shape index (κ1) is 15.9. The van der Waals surface area contributed by atoms with E-state index in [0.717, 1.165) is 21.9 Å². The number of thiophene rings is 1. The molecule has 0 fully saturated rings. The molecule has 3 aromatic rings. The lowest BCUT2D eigenvalue weighted by atomic mass is 10.2. The van der Waals surface area contributed by atoms with Crippen LogP contribution in [0.5, 0.6) is 11.5 Å². The second kappa shape index (κ2) is 6.64. The number of nitrogens with zero attached hydrogens (tertiary/aromatic N) is 2. The number of ether oxygens (including phenoxy) is 2. The Morgan fingerprint density at radius 3 is 2.83 bits per heavy atom. The maximum absolute atomic E-state index is 12.3. The molecule has 2 aromatic heterocycles. The minimum atomic E-state index is -0.0173. The molecule has 7 heteroatoms. The molecule has 0 radical (unpaired) electrons. The van der Waals surface area contributed by atoms with E-state index in [4.69, 9.17) is 9.47 Å². The molecule has 0 N–H and O–H groups in total. The molecule has 0 bridgehead atoms. The smallest absolute Gasteiger partial charge is 0.262 e. The van der Waals surface area contributed by atoms with Crippen molar-refractivity contribution in [3.05, 3.63) is 45.6 Å². The van der Waals surface area contributed by atoms with Gasteiger partial charge in [-0.2, -0.15) is 0 Å². The van der Waals surface area contributed by atoms with Crippen molar-refractivity contribution in [1.82, 2.24) is 9.55 Å². The lowest BCUT2D eigenvalue weighted by Gasteiger charge is -2.11. The van der Waals surface area contributed by atoms with Crippen LogP contribution in [-0.2, 0) is 12.8 Å². The fourth-order valence-corrected chi connectivity index (χ4v) is 4.00. The number of benzene rings is 1. The molecule has 0 saturated carbocycles. The van der Waals surface area contributed by atoms with Crippen molar-refractivity contribution in [1.29, 1.82) is 0 Å². The normalized spacial score (nSPS) is 10.9. The molecule has 0 amide bonds. The van der Waals surface area contributed by atoms with E-state index in [1.165, 1.54) is 23.1 Å². The van der Waals surface area contributed by atoms with Crippen molar-refractivity contribution in [2.45, 2.75) is 10.9 Å². The average molecular weight is 348 g/mol. The predicted octanol–water partition coefficient (Wildman–Crippen LogP) is 3.30. The van der Waals surface area contributed by atoms with Gasteiger partial charge in [0.25, 0.3) is 5.56 Å². The summed E-state index contributed by atoms with van der Waals surface area (Å²) in [6.07, 6.45) is 0. The molecule has 0 atom stereocenters. The number of fused-ring (bicyclic) bond motifs is 1. The van der Waals surface area contributed by atoms with E-state index in [1.54, 1.807) is 25.8 Å². The Labute approximate surface area is 141 Å². The zero-order valence-corrected chi connectivity index (χ0v) is 14.7. The fraction of sp³-hybridized carbons (Fsp3) is 0.250. The molecule has 0 aliphatic carbocycles. The Morgan fingerprint density at radius 1 is 1.26 bits per heavy atom. The van der Waals surface area contributed by atoms with Gasteiger partial charge in [-0.25, -0.2) is 4.98 Å². The van der Waals surface area contributed by atoms with Crippen LogP contribution in [0.3, 0.4) is 0 Å². The highest BCUT2D eigenvalue weighted by Crippen LogP contribution is 2.30. The van der Waals surface area contributed by atoms with Crippen LogP contribution < -0.4 is 15.0 Å². The summed E-state index contributed by atoms with van der Waals surface area (Å²) in [5.74, 6) is 2.20. The number of methoxy groups -OCH3 is 2. The lowest BCUT2D eigenvalue weighted by molar-refractivity contribution is 0.400. The van der Waals surface area contributed by atoms with Crippen LogP contribution in [0.25, 0.3) is 10.2 Å². The average Bonchev–Trinajstić information content (AvgIpc) is 3.05. The molecule has 5 nitrogen and oxygen atoms in total. The van der Waals surface area contributed by atoms with E-state index < -0.39 is 0 Å². The molecular formula is C16H16N2O3S2. The van der Waals surface area contributed by atoms with E-state index in [-0.39, 0.29) is 5.56 Å². The van der Waals surface area contributed by atoms with Crippen molar-refractivity contribution in [3.63, 3.8) is 0 Å². The van der Waals surface area contributed by atoms with Crippen molar-refractivity contribution in [2.24, 2.45) is 7.05 Å². The summed E-state index contributed by atoms with van der Waals surface area (Å²) in [6, 6.07) is 7.49. The van der Waals surface area contributed by atoms with Gasteiger partial charge in [-0.1, -0.05) is 11.8 Å². The van der Waals surface area contributed by atoms with Gasteiger partial charge >= 0.3 is 0 Å². The third-order valence-electron chi connectivity index (χ3n) is 3.51. The quantitative estimate of drug-likeness (QED) is 0.523. The third-order valence-corrected chi connectivity index (χ3v) is 5.39. The summed E-state index contributed by atoms with van der Waals surface area (Å²) in [5, 5.41) is 3.24. The zero-order valence-electron chi connectivity index (χ0n) is 13.0. The molecule has 120 valence electrons. The van der Waals surface area contributed by atoms with Crippen molar-refractivity contribution in [2.75, 3.05) is 14.2 Å². The van der Waals surface area contributed by atoms with Crippen LogP contribution in [0.15, 0.2) is 39.6 Å². The third kappa shape index (κ3) is 3.07. The molecular weight excluding hydrogens is 332 g/mol. The number of aromatic nitrogens is 2. The first-order valence-electron chi connectivity index (χ1n) is 6.92. The van der Waals surface area contributed by atoms with Gasteiger partial charge < -0.3 is 9.47 Å². The van der Waals surface area contributed by atoms with E-state index in [1.807, 2.05) is 29.6 Å². The van der Waals surface area contributed by atoms with Crippen LogP contribution in [0.2, 0.25) is 0 Å². The second-order valence-corrected chi connectivity index (χ2v) is 6.70. The van der Waals surface area contributed by atoms with Crippen LogP contribution in [0.4, 0.5) is 0 Å². The predicted molar refractivity (Wildman–Crippen MR) is 94.0 cm³/mol. The van der Waals surface area contributed by atoms with E-state index >= 15 is 0 Å². The van der Waals surface area contributed by atoms with Gasteiger partial charge in [0.05, 0.1) is 19.6 Å². The number of hydrogen-bond donors (Lipinski definition) is 0. The van der Waals surface area contributed by atoms with E-state index in [0.29, 0.717) is 16.3 Å². The molecule has 0 aliphatic rings. The van der Waals surface area contributed by atoms with Crippen LogP contribution in [0, 0.1) is 0 Å². The summed E-state index contributed by atoms with van der Waals surface area (Å²) in [4.78, 5) is 17.7. The molecule has 2 heterocycles. The van der Waals surface area contributed by atoms with Crippen molar-refractivity contribution in [3.8, 4) is 11.5 Å². The first-order valence-corrected chi connectivity index (χ1v) is 8.78. The maximum atomic E-state index is 12.3. The molecule has 0 unspecified atom stereocenters. The van der Waals surface area contributed by atoms with Gasteiger partial charge in [0.15, 0.2) is 5.16 Å². The molecule has 1 aromatic carbocycles. The molecule has 3 rings (SSSR count). The zero-order chi connectivity index (χ0) is 16.4. The Kier molecular flexibility index (Phi) is 4.58. The molecule has 0 spiro atoms. The number of hydrogen-bond acceptors (Lipinski definition) is 6. The van der Waals surface area contributed by atoms with Gasteiger partial charge in [-0.3, -0.25) is 9.36 Å². The highest BCUT2D eigenvalue weighted by Gasteiger charge is 2.12. The Hall–Kier alpha value is -1.99. The summed E-state index contributed by atoms with van der Waals surface area (Å²) >= 11 is 2.98. The van der Waals surface area contributed by atoms with Gasteiger partial charge in [-0.05, 0) is 29.6 Å². The summed E-state index contributed by atoms with van der Waals surface area (Å²) in [6.45, 7) is 0. The first-order chi connectivity index (χ1) is 11.1. The Morgan fingerprint density at radius 2 is 2.09 bits per heavy atom. The second-order valence-electron chi connectivity index (χ2n) is 4.86. The Balaban J connectivity index is 1.92. The van der Waals surface area contributed by atoms with Gasteiger partial charge in [-0.15, -0.1) is 11.3 Å². The summed E-state index contributed by atoms with van der Waals surface area (Å²) in [7, 11) is 5.02. The maximum Gasteiger partial charge on any atom is 0.262 e. The lowest BCUT2D eigenvalue weighted by Crippen LogP contribution is -2.19. The highest BCUT2D eigenvalue weighted by molar-refractivity contribution is 7.98. The standard InChI is InChI=1S/C16H16N2O3S2/c1-18-15(19)12-6-7-22-14(12)17-16(18)23-9-10-8-11(20-2)4-5-13(10)21-3/h4-8H,9H2,1-3H3. The highest BCUT2D eigenvalue weighted by atomic mass is 32.2. The van der Waals surface area contributed by atoms with Crippen LogP contribution in [0.1, 0.15) is 5.56 Å². The SMILES string of the molecule is COc1ccc(OC)c(CSc2nc3sccc3c(=O)n2C)c1. The van der Waals surface area contributed by atoms with Crippen molar-refractivity contribution < 1.29 is 9.47 Å². The van der Waals surface area contributed by atoms with Gasteiger partial charge in [0, 0.05) is 18.4 Å². The Bertz CT molecular complexity index is 902. The van der Waals surface area contributed by atoms with E-state index in [2.05, 4.69) is 4.98 Å². The number of rotatable bonds is 5. The largest absolute Gasteiger partial charge is 0.497 e. The van der Waals surface area contributed by atoms with Crippen LogP contribution >= 0.6 is 23.1 Å². The minimum Gasteiger partial charge on any atom is -0.497 e. The topological polar surface area (TPSA) is 53.4 Å². The summed E-state index contributed by atoms with van der Waals surface area (Å²) in [5.41, 5.74) is 0.980. The van der Waals surface area contributed by atoms with Gasteiger partial charge in [0.1, 0.15) is 16.3 Å². The van der Waals surface area contributed by atoms with Gasteiger partial charge in [0.2, 0.25) is 0 Å². The number of thioether (sulfide) groups is 1.